The van der Waals surface area contributed by atoms with Crippen molar-refractivity contribution in [2.24, 2.45) is 0 Å². The number of para-hydroxylation sites is 1. The number of halogens is 1. The molecule has 7 nitrogen and oxygen atoms in total. The molecule has 4 rings (SSSR count). The average Bonchev–Trinajstić information content (AvgIpc) is 3.23. The van der Waals surface area contributed by atoms with E-state index in [2.05, 4.69) is 20.4 Å². The van der Waals surface area contributed by atoms with Crippen molar-refractivity contribution in [2.75, 3.05) is 37.0 Å². The number of morpholine rings is 1. The first-order valence-electron chi connectivity index (χ1n) is 10.5. The van der Waals surface area contributed by atoms with E-state index in [1.165, 1.54) is 23.9 Å². The van der Waals surface area contributed by atoms with E-state index in [0.29, 0.717) is 18.4 Å². The first kappa shape index (κ1) is 22.3. The minimum absolute atomic E-state index is 0.126. The van der Waals surface area contributed by atoms with E-state index >= 15 is 0 Å². The minimum Gasteiger partial charge on any atom is -0.378 e. The number of rotatable bonds is 7. The highest BCUT2D eigenvalue weighted by Gasteiger charge is 2.23. The molecule has 2 aromatic carbocycles. The molecule has 0 bridgehead atoms. The van der Waals surface area contributed by atoms with Gasteiger partial charge in [0.25, 0.3) is 0 Å². The Labute approximate surface area is 191 Å². The second-order valence-corrected chi connectivity index (χ2v) is 8.58. The molecule has 3 aromatic rings. The van der Waals surface area contributed by atoms with E-state index in [1.54, 1.807) is 12.1 Å². The van der Waals surface area contributed by atoms with Crippen LogP contribution in [0.5, 0.6) is 0 Å². The molecule has 32 heavy (non-hydrogen) atoms. The van der Waals surface area contributed by atoms with Gasteiger partial charge < -0.3 is 15.0 Å². The third-order valence-corrected chi connectivity index (χ3v) is 6.28. The summed E-state index contributed by atoms with van der Waals surface area (Å²) in [5, 5.41) is 12.5. The van der Waals surface area contributed by atoms with E-state index < -0.39 is 0 Å². The van der Waals surface area contributed by atoms with Crippen LogP contribution in [0.3, 0.4) is 0 Å². The Kier molecular flexibility index (Phi) is 7.06. The molecule has 1 N–H and O–H groups in total. The van der Waals surface area contributed by atoms with Gasteiger partial charge in [0, 0.05) is 13.1 Å². The monoisotopic (exact) mass is 455 g/mol. The molecule has 1 unspecified atom stereocenters. The van der Waals surface area contributed by atoms with Crippen molar-refractivity contribution in [1.82, 2.24) is 20.1 Å². The van der Waals surface area contributed by atoms with Crippen LogP contribution < -0.4 is 10.2 Å². The molecule has 1 atom stereocenters. The molecular weight excluding hydrogens is 429 g/mol. The highest BCUT2D eigenvalue weighted by molar-refractivity contribution is 7.99. The van der Waals surface area contributed by atoms with Gasteiger partial charge in [-0.1, -0.05) is 42.1 Å². The van der Waals surface area contributed by atoms with E-state index in [9.17, 15) is 9.18 Å². The predicted molar refractivity (Wildman–Crippen MR) is 123 cm³/mol. The van der Waals surface area contributed by atoms with Crippen molar-refractivity contribution >= 4 is 23.6 Å². The summed E-state index contributed by atoms with van der Waals surface area (Å²) in [5.41, 5.74) is 2.93. The van der Waals surface area contributed by atoms with Gasteiger partial charge in [-0.05, 0) is 43.2 Å². The summed E-state index contributed by atoms with van der Waals surface area (Å²) in [6.07, 6.45) is 0. The van der Waals surface area contributed by atoms with E-state index in [4.69, 9.17) is 4.74 Å². The standard InChI is InChI=1S/C23H26FN5O2S/c1-16-5-3-4-6-20(16)29-22(28-11-13-31-14-12-28)26-27-23(29)32-15-21(30)25-17(2)18-7-9-19(24)10-8-18/h3-10,17H,11-15H2,1-2H3,(H,25,30). The first-order valence-corrected chi connectivity index (χ1v) is 11.5. The van der Waals surface area contributed by atoms with Crippen LogP contribution in [0.15, 0.2) is 53.7 Å². The van der Waals surface area contributed by atoms with Crippen LogP contribution in [0.2, 0.25) is 0 Å². The number of aromatic nitrogens is 3. The molecule has 1 saturated heterocycles. The molecule has 1 aromatic heterocycles. The van der Waals surface area contributed by atoms with Crippen LogP contribution in [0.4, 0.5) is 10.3 Å². The quantitative estimate of drug-likeness (QED) is 0.550. The number of thioether (sulfide) groups is 1. The molecule has 1 aliphatic rings. The molecule has 2 heterocycles. The van der Waals surface area contributed by atoms with E-state index in [0.717, 1.165) is 35.9 Å². The maximum absolute atomic E-state index is 13.1. The second kappa shape index (κ2) is 10.1. The molecule has 0 aliphatic carbocycles. The number of ether oxygens (including phenoxy) is 1. The number of nitrogens with one attached hydrogen (secondary N) is 1. The normalized spacial score (nSPS) is 14.9. The van der Waals surface area contributed by atoms with Gasteiger partial charge in [-0.2, -0.15) is 0 Å². The zero-order valence-corrected chi connectivity index (χ0v) is 18.9. The first-order chi connectivity index (χ1) is 15.5. The summed E-state index contributed by atoms with van der Waals surface area (Å²) < 4.78 is 20.6. The summed E-state index contributed by atoms with van der Waals surface area (Å²) in [7, 11) is 0. The SMILES string of the molecule is Cc1ccccc1-n1c(SCC(=O)NC(C)c2ccc(F)cc2)nnc1N1CCOCC1. The van der Waals surface area contributed by atoms with Crippen molar-refractivity contribution in [3.8, 4) is 5.69 Å². The number of hydrogen-bond donors (Lipinski definition) is 1. The Balaban J connectivity index is 1.50. The van der Waals surface area contributed by atoms with Gasteiger partial charge in [-0.25, -0.2) is 4.39 Å². The summed E-state index contributed by atoms with van der Waals surface area (Å²) >= 11 is 1.34. The van der Waals surface area contributed by atoms with Gasteiger partial charge in [0.15, 0.2) is 5.16 Å². The predicted octanol–water partition coefficient (Wildman–Crippen LogP) is 3.52. The average molecular weight is 456 g/mol. The number of carbonyl (C=O) groups excluding carboxylic acids is 1. The van der Waals surface area contributed by atoms with E-state index in [1.807, 2.05) is 42.7 Å². The lowest BCUT2D eigenvalue weighted by Gasteiger charge is -2.28. The summed E-state index contributed by atoms with van der Waals surface area (Å²) in [5.74, 6) is 0.525. The lowest BCUT2D eigenvalue weighted by atomic mass is 10.1. The fourth-order valence-electron chi connectivity index (χ4n) is 3.60. The smallest absolute Gasteiger partial charge is 0.232 e. The number of amides is 1. The fraction of sp³-hybridized carbons (Fsp3) is 0.348. The number of carbonyl (C=O) groups is 1. The lowest BCUT2D eigenvalue weighted by molar-refractivity contribution is -0.119. The van der Waals surface area contributed by atoms with Gasteiger partial charge in [0.05, 0.1) is 30.7 Å². The van der Waals surface area contributed by atoms with Crippen molar-refractivity contribution in [2.45, 2.75) is 25.0 Å². The Morgan fingerprint density at radius 2 is 1.88 bits per heavy atom. The van der Waals surface area contributed by atoms with Crippen LogP contribution in [-0.4, -0.2) is 52.7 Å². The third kappa shape index (κ3) is 5.11. The number of nitrogens with zero attached hydrogens (tertiary/aromatic N) is 4. The molecule has 168 valence electrons. The third-order valence-electron chi connectivity index (χ3n) is 5.35. The summed E-state index contributed by atoms with van der Waals surface area (Å²) in [6, 6.07) is 14.0. The number of hydrogen-bond acceptors (Lipinski definition) is 6. The largest absolute Gasteiger partial charge is 0.378 e. The van der Waals surface area contributed by atoms with Crippen LogP contribution in [-0.2, 0) is 9.53 Å². The maximum Gasteiger partial charge on any atom is 0.232 e. The van der Waals surface area contributed by atoms with Gasteiger partial charge >= 0.3 is 0 Å². The molecule has 9 heteroatoms. The van der Waals surface area contributed by atoms with Crippen molar-refractivity contribution < 1.29 is 13.9 Å². The highest BCUT2D eigenvalue weighted by atomic mass is 32.2. The zero-order valence-electron chi connectivity index (χ0n) is 18.1. The Morgan fingerprint density at radius 1 is 1.16 bits per heavy atom. The topological polar surface area (TPSA) is 72.3 Å². The number of aryl methyl sites for hydroxylation is 1. The zero-order chi connectivity index (χ0) is 22.5. The van der Waals surface area contributed by atoms with Crippen LogP contribution in [0.25, 0.3) is 5.69 Å². The Hall–Kier alpha value is -2.91. The fourth-order valence-corrected chi connectivity index (χ4v) is 4.35. The molecule has 0 radical (unpaired) electrons. The number of anilines is 1. The molecule has 0 spiro atoms. The van der Waals surface area contributed by atoms with Gasteiger partial charge in [0.1, 0.15) is 5.82 Å². The van der Waals surface area contributed by atoms with Gasteiger partial charge in [0.2, 0.25) is 11.9 Å². The van der Waals surface area contributed by atoms with Crippen molar-refractivity contribution in [3.05, 3.63) is 65.5 Å². The minimum atomic E-state index is -0.297. The van der Waals surface area contributed by atoms with Crippen LogP contribution in [0.1, 0.15) is 24.1 Å². The maximum atomic E-state index is 13.1. The summed E-state index contributed by atoms with van der Waals surface area (Å²) in [4.78, 5) is 14.8. The van der Waals surface area contributed by atoms with Gasteiger partial charge in [-0.3, -0.25) is 9.36 Å². The molecule has 0 saturated carbocycles. The Bertz CT molecular complexity index is 1070. The van der Waals surface area contributed by atoms with Crippen LogP contribution >= 0.6 is 11.8 Å². The Morgan fingerprint density at radius 3 is 2.59 bits per heavy atom. The van der Waals surface area contributed by atoms with E-state index in [-0.39, 0.29) is 23.5 Å². The molecule has 1 aliphatic heterocycles. The van der Waals surface area contributed by atoms with Crippen molar-refractivity contribution in [3.63, 3.8) is 0 Å². The molecular formula is C23H26FN5O2S. The highest BCUT2D eigenvalue weighted by Crippen LogP contribution is 2.29. The van der Waals surface area contributed by atoms with Crippen LogP contribution in [0, 0.1) is 12.7 Å². The molecule has 1 amide bonds. The van der Waals surface area contributed by atoms with Gasteiger partial charge in [-0.15, -0.1) is 10.2 Å². The lowest BCUT2D eigenvalue weighted by Crippen LogP contribution is -2.38. The molecule has 1 fully saturated rings. The number of benzene rings is 2. The second-order valence-electron chi connectivity index (χ2n) is 7.63. The summed E-state index contributed by atoms with van der Waals surface area (Å²) in [6.45, 7) is 6.69. The van der Waals surface area contributed by atoms with Crippen molar-refractivity contribution in [1.29, 1.82) is 0 Å².